The highest BCUT2D eigenvalue weighted by atomic mass is 16.5. The second kappa shape index (κ2) is 5.72. The summed E-state index contributed by atoms with van der Waals surface area (Å²) in [6.07, 6.45) is 0.105. The molecule has 0 aliphatic heterocycles. The van der Waals surface area contributed by atoms with Gasteiger partial charge < -0.3 is 14.5 Å². The molecule has 0 saturated carbocycles. The molecule has 0 saturated heterocycles. The molecular formula is C18H20N2O2. The Morgan fingerprint density at radius 2 is 1.86 bits per heavy atom. The van der Waals surface area contributed by atoms with Crippen LogP contribution in [0.4, 0.5) is 0 Å². The fourth-order valence-electron chi connectivity index (χ4n) is 2.43. The molecule has 3 rings (SSSR count). The number of nitrogens with one attached hydrogen (secondary N) is 1. The number of fused-ring (bicyclic) bond motifs is 1. The van der Waals surface area contributed by atoms with Gasteiger partial charge in [0.25, 0.3) is 0 Å². The maximum Gasteiger partial charge on any atom is 0.161 e. The highest BCUT2D eigenvalue weighted by molar-refractivity contribution is 5.80. The number of ether oxygens (including phenoxy) is 2. The molecule has 1 N–H and O–H groups in total. The van der Waals surface area contributed by atoms with Crippen molar-refractivity contribution in [1.82, 2.24) is 9.97 Å². The van der Waals surface area contributed by atoms with Crippen molar-refractivity contribution in [3.8, 4) is 22.9 Å². The van der Waals surface area contributed by atoms with E-state index in [0.717, 1.165) is 28.2 Å². The van der Waals surface area contributed by atoms with Gasteiger partial charge in [0.15, 0.2) is 11.5 Å². The lowest BCUT2D eigenvalue weighted by molar-refractivity contribution is 0.230. The molecule has 0 radical (unpaired) electrons. The predicted molar refractivity (Wildman–Crippen MR) is 88.6 cm³/mol. The lowest BCUT2D eigenvalue weighted by atomic mass is 10.2. The van der Waals surface area contributed by atoms with E-state index in [9.17, 15) is 0 Å². The number of H-pyrrole nitrogens is 1. The summed E-state index contributed by atoms with van der Waals surface area (Å²) in [5.74, 6) is 2.28. The van der Waals surface area contributed by atoms with Gasteiger partial charge >= 0.3 is 0 Å². The number of imidazole rings is 1. The van der Waals surface area contributed by atoms with E-state index in [2.05, 4.69) is 29.0 Å². The van der Waals surface area contributed by atoms with Crippen LogP contribution in [0, 0.1) is 6.92 Å². The van der Waals surface area contributed by atoms with Crippen LogP contribution in [0.3, 0.4) is 0 Å². The van der Waals surface area contributed by atoms with E-state index < -0.39 is 0 Å². The Bertz CT molecular complexity index is 806. The largest absolute Gasteiger partial charge is 0.493 e. The van der Waals surface area contributed by atoms with Gasteiger partial charge in [-0.15, -0.1) is 0 Å². The normalized spacial score (nSPS) is 11.1. The Kier molecular flexibility index (Phi) is 3.75. The maximum atomic E-state index is 5.75. The lowest BCUT2D eigenvalue weighted by Crippen LogP contribution is -2.06. The zero-order chi connectivity index (χ0) is 15.7. The monoisotopic (exact) mass is 296 g/mol. The van der Waals surface area contributed by atoms with E-state index in [1.165, 1.54) is 5.56 Å². The van der Waals surface area contributed by atoms with Crippen LogP contribution in [0.2, 0.25) is 0 Å². The van der Waals surface area contributed by atoms with Crippen molar-refractivity contribution in [2.75, 3.05) is 7.11 Å². The third-order valence-corrected chi connectivity index (χ3v) is 3.44. The topological polar surface area (TPSA) is 47.1 Å². The summed E-state index contributed by atoms with van der Waals surface area (Å²) in [5, 5.41) is 0. The van der Waals surface area contributed by atoms with Gasteiger partial charge in [-0.2, -0.15) is 0 Å². The van der Waals surface area contributed by atoms with Crippen molar-refractivity contribution >= 4 is 11.0 Å². The number of benzene rings is 2. The second-order valence-corrected chi connectivity index (χ2v) is 5.64. The van der Waals surface area contributed by atoms with Crippen molar-refractivity contribution in [2.45, 2.75) is 26.9 Å². The van der Waals surface area contributed by atoms with Gasteiger partial charge in [0.1, 0.15) is 5.82 Å². The summed E-state index contributed by atoms with van der Waals surface area (Å²) in [5.41, 5.74) is 4.18. The van der Waals surface area contributed by atoms with Crippen LogP contribution in [0.5, 0.6) is 11.5 Å². The molecule has 1 heterocycles. The molecule has 1 aromatic heterocycles. The molecular weight excluding hydrogens is 276 g/mol. The molecule has 114 valence electrons. The van der Waals surface area contributed by atoms with Gasteiger partial charge in [-0.1, -0.05) is 6.07 Å². The van der Waals surface area contributed by atoms with E-state index >= 15 is 0 Å². The van der Waals surface area contributed by atoms with Gasteiger partial charge in [-0.25, -0.2) is 4.98 Å². The van der Waals surface area contributed by atoms with E-state index in [1.54, 1.807) is 7.11 Å². The molecule has 0 atom stereocenters. The van der Waals surface area contributed by atoms with Crippen LogP contribution in [-0.2, 0) is 0 Å². The SMILES string of the molecule is COc1cc(-c2nc3ccc(C)cc3[nH]2)ccc1OC(C)C. The highest BCUT2D eigenvalue weighted by Gasteiger charge is 2.11. The first kappa shape index (κ1) is 14.4. The number of aryl methyl sites for hydroxylation is 1. The fourth-order valence-corrected chi connectivity index (χ4v) is 2.43. The standard InChI is InChI=1S/C18H20N2O2/c1-11(2)22-16-8-6-13(10-17(16)21-4)18-19-14-7-5-12(3)9-15(14)20-18/h5-11H,1-4H3,(H,19,20). The van der Waals surface area contributed by atoms with E-state index in [-0.39, 0.29) is 6.10 Å². The average molecular weight is 296 g/mol. The fraction of sp³-hybridized carbons (Fsp3) is 0.278. The first-order valence-corrected chi connectivity index (χ1v) is 7.38. The Labute approximate surface area is 130 Å². The summed E-state index contributed by atoms with van der Waals surface area (Å²) >= 11 is 0. The molecule has 0 bridgehead atoms. The number of aromatic nitrogens is 2. The minimum absolute atomic E-state index is 0.105. The van der Waals surface area contributed by atoms with Gasteiger partial charge in [-0.3, -0.25) is 0 Å². The summed E-state index contributed by atoms with van der Waals surface area (Å²) in [6.45, 7) is 6.06. The van der Waals surface area contributed by atoms with Crippen LogP contribution >= 0.6 is 0 Å². The third kappa shape index (κ3) is 2.77. The van der Waals surface area contributed by atoms with Crippen LogP contribution in [0.1, 0.15) is 19.4 Å². The number of nitrogens with zero attached hydrogens (tertiary/aromatic N) is 1. The minimum atomic E-state index is 0.105. The van der Waals surface area contributed by atoms with Crippen molar-refractivity contribution in [3.05, 3.63) is 42.0 Å². The van der Waals surface area contributed by atoms with Gasteiger partial charge in [0.2, 0.25) is 0 Å². The Morgan fingerprint density at radius 1 is 1.05 bits per heavy atom. The number of hydrogen-bond acceptors (Lipinski definition) is 3. The van der Waals surface area contributed by atoms with Crippen LogP contribution in [0.15, 0.2) is 36.4 Å². The Morgan fingerprint density at radius 3 is 2.59 bits per heavy atom. The van der Waals surface area contributed by atoms with E-state index in [4.69, 9.17) is 9.47 Å². The average Bonchev–Trinajstić information content (AvgIpc) is 2.90. The number of rotatable bonds is 4. The summed E-state index contributed by atoms with van der Waals surface area (Å²) in [6, 6.07) is 12.0. The molecule has 4 nitrogen and oxygen atoms in total. The first-order valence-electron chi connectivity index (χ1n) is 7.38. The molecule has 3 aromatic rings. The summed E-state index contributed by atoms with van der Waals surface area (Å²) in [4.78, 5) is 7.99. The molecule has 0 unspecified atom stereocenters. The molecule has 0 aliphatic rings. The summed E-state index contributed by atoms with van der Waals surface area (Å²) < 4.78 is 11.2. The van der Waals surface area contributed by atoms with Crippen LogP contribution in [-0.4, -0.2) is 23.2 Å². The second-order valence-electron chi connectivity index (χ2n) is 5.64. The van der Waals surface area contributed by atoms with E-state index in [0.29, 0.717) is 5.75 Å². The smallest absolute Gasteiger partial charge is 0.161 e. The molecule has 0 fully saturated rings. The Balaban J connectivity index is 2.02. The quantitative estimate of drug-likeness (QED) is 0.779. The Hall–Kier alpha value is -2.49. The third-order valence-electron chi connectivity index (χ3n) is 3.44. The molecule has 22 heavy (non-hydrogen) atoms. The van der Waals surface area contributed by atoms with Gasteiger partial charge in [-0.05, 0) is 56.7 Å². The zero-order valence-electron chi connectivity index (χ0n) is 13.3. The van der Waals surface area contributed by atoms with Crippen LogP contribution < -0.4 is 9.47 Å². The van der Waals surface area contributed by atoms with Crippen molar-refractivity contribution < 1.29 is 9.47 Å². The van der Waals surface area contributed by atoms with Gasteiger partial charge in [0, 0.05) is 5.56 Å². The summed E-state index contributed by atoms with van der Waals surface area (Å²) in [7, 11) is 1.65. The maximum absolute atomic E-state index is 5.75. The molecule has 0 amide bonds. The molecule has 0 aliphatic carbocycles. The number of methoxy groups -OCH3 is 1. The molecule has 2 aromatic carbocycles. The minimum Gasteiger partial charge on any atom is -0.493 e. The zero-order valence-corrected chi connectivity index (χ0v) is 13.3. The van der Waals surface area contributed by atoms with E-state index in [1.807, 2.05) is 38.1 Å². The van der Waals surface area contributed by atoms with Crippen molar-refractivity contribution in [1.29, 1.82) is 0 Å². The van der Waals surface area contributed by atoms with Crippen molar-refractivity contribution in [2.24, 2.45) is 0 Å². The van der Waals surface area contributed by atoms with Crippen molar-refractivity contribution in [3.63, 3.8) is 0 Å². The first-order chi connectivity index (χ1) is 10.6. The molecule has 4 heteroatoms. The van der Waals surface area contributed by atoms with Crippen LogP contribution in [0.25, 0.3) is 22.4 Å². The number of hydrogen-bond donors (Lipinski definition) is 1. The predicted octanol–water partition coefficient (Wildman–Crippen LogP) is 4.33. The molecule has 0 spiro atoms. The van der Waals surface area contributed by atoms with Gasteiger partial charge in [0.05, 0.1) is 24.2 Å². The highest BCUT2D eigenvalue weighted by Crippen LogP contribution is 2.32. The lowest BCUT2D eigenvalue weighted by Gasteiger charge is -2.14. The number of aromatic amines is 1.